The fourth-order valence-electron chi connectivity index (χ4n) is 3.12. The first-order valence-corrected chi connectivity index (χ1v) is 10.8. The number of fused-ring (bicyclic) bond motifs is 2. The number of amides is 1. The number of nitrogens with zero attached hydrogens (tertiary/aromatic N) is 2. The van der Waals surface area contributed by atoms with Gasteiger partial charge in [-0.1, -0.05) is 6.92 Å². The van der Waals surface area contributed by atoms with Crippen LogP contribution in [-0.2, 0) is 14.6 Å². The van der Waals surface area contributed by atoms with Crippen LogP contribution in [0.15, 0.2) is 29.6 Å². The number of anilines is 1. The number of aromatic nitrogens is 3. The average molecular weight is 416 g/mol. The molecule has 3 aromatic heterocycles. The number of nitrogens with one attached hydrogen (secondary N) is 2. The molecule has 10 heteroatoms. The van der Waals surface area contributed by atoms with Gasteiger partial charge in [-0.25, -0.2) is 18.4 Å². The number of hydrogen-bond donors (Lipinski definition) is 2. The van der Waals surface area contributed by atoms with Gasteiger partial charge in [0.05, 0.1) is 17.5 Å². The Morgan fingerprint density at radius 3 is 2.90 bits per heavy atom. The van der Waals surface area contributed by atoms with Crippen molar-refractivity contribution in [1.29, 1.82) is 0 Å². The number of carbonyl (C=O) groups is 1. The highest BCUT2D eigenvalue weighted by molar-refractivity contribution is 7.91. The lowest BCUT2D eigenvalue weighted by Gasteiger charge is -2.25. The van der Waals surface area contributed by atoms with Gasteiger partial charge in [0.2, 0.25) is 5.91 Å². The minimum Gasteiger partial charge on any atom is -0.484 e. The first kappa shape index (κ1) is 19.2. The molecule has 4 heterocycles. The van der Waals surface area contributed by atoms with E-state index in [9.17, 15) is 13.2 Å². The summed E-state index contributed by atoms with van der Waals surface area (Å²) in [6.45, 7) is 5.12. The van der Waals surface area contributed by atoms with Gasteiger partial charge in [-0.05, 0) is 13.0 Å². The van der Waals surface area contributed by atoms with E-state index in [2.05, 4.69) is 20.3 Å². The fourth-order valence-corrected chi connectivity index (χ4v) is 3.93. The summed E-state index contributed by atoms with van der Waals surface area (Å²) in [5.41, 5.74) is 1.68. The molecular weight excluding hydrogens is 396 g/mol. The van der Waals surface area contributed by atoms with E-state index in [-0.39, 0.29) is 22.8 Å². The van der Waals surface area contributed by atoms with Crippen molar-refractivity contribution in [2.45, 2.75) is 31.9 Å². The molecule has 9 nitrogen and oxygen atoms in total. The van der Waals surface area contributed by atoms with Crippen molar-refractivity contribution in [3.05, 3.63) is 24.5 Å². The van der Waals surface area contributed by atoms with E-state index in [0.717, 1.165) is 0 Å². The average Bonchev–Trinajstić information content (AvgIpc) is 3.09. The van der Waals surface area contributed by atoms with E-state index in [1.54, 1.807) is 25.4 Å². The molecule has 0 fully saturated rings. The molecule has 0 saturated carbocycles. The van der Waals surface area contributed by atoms with Gasteiger partial charge in [-0.3, -0.25) is 4.79 Å². The molecule has 3 aromatic rings. The maximum Gasteiger partial charge on any atom is 0.222 e. The highest BCUT2D eigenvalue weighted by atomic mass is 32.2. The van der Waals surface area contributed by atoms with Gasteiger partial charge in [0, 0.05) is 30.1 Å². The number of pyridine rings is 2. The highest BCUT2D eigenvalue weighted by Crippen LogP contribution is 2.43. The van der Waals surface area contributed by atoms with Crippen LogP contribution in [0.4, 0.5) is 5.82 Å². The normalized spacial score (nSPS) is 16.0. The Morgan fingerprint density at radius 2 is 2.17 bits per heavy atom. The third-order valence-electron chi connectivity index (χ3n) is 4.53. The van der Waals surface area contributed by atoms with E-state index in [1.165, 1.54) is 13.0 Å². The Hall–Kier alpha value is -3.14. The molecule has 1 atom stereocenters. The maximum absolute atomic E-state index is 12.5. The molecule has 152 valence electrons. The zero-order valence-corrected chi connectivity index (χ0v) is 17.0. The second kappa shape index (κ2) is 7.03. The molecule has 0 saturated heterocycles. The van der Waals surface area contributed by atoms with Crippen LogP contribution in [0.25, 0.3) is 22.2 Å². The Kier molecular flexibility index (Phi) is 4.65. The van der Waals surface area contributed by atoms with Crippen LogP contribution in [0.3, 0.4) is 0 Å². The minimum absolute atomic E-state index is 0.0723. The van der Waals surface area contributed by atoms with Crippen LogP contribution in [0.1, 0.15) is 20.8 Å². The summed E-state index contributed by atoms with van der Waals surface area (Å²) in [6, 6.07) is 3.11. The summed E-state index contributed by atoms with van der Waals surface area (Å²) in [5, 5.41) is 3.28. The van der Waals surface area contributed by atoms with Gasteiger partial charge in [0.1, 0.15) is 24.2 Å². The summed E-state index contributed by atoms with van der Waals surface area (Å²) in [7, 11) is -3.57. The molecule has 0 bridgehead atoms. The number of ether oxygens (including phenoxy) is 2. The van der Waals surface area contributed by atoms with Crippen molar-refractivity contribution in [2.75, 3.05) is 17.7 Å². The van der Waals surface area contributed by atoms with Gasteiger partial charge in [-0.15, -0.1) is 0 Å². The van der Waals surface area contributed by atoms with Crippen LogP contribution in [0.5, 0.6) is 11.5 Å². The largest absolute Gasteiger partial charge is 0.484 e. The minimum atomic E-state index is -3.57. The molecule has 29 heavy (non-hydrogen) atoms. The number of sulfone groups is 1. The molecule has 1 unspecified atom stereocenters. The van der Waals surface area contributed by atoms with Crippen LogP contribution in [0.2, 0.25) is 0 Å². The molecule has 0 aliphatic carbocycles. The van der Waals surface area contributed by atoms with Gasteiger partial charge >= 0.3 is 0 Å². The summed E-state index contributed by atoms with van der Waals surface area (Å²) in [4.78, 5) is 23.1. The number of rotatable bonds is 4. The predicted molar refractivity (Wildman–Crippen MR) is 107 cm³/mol. The van der Waals surface area contributed by atoms with Gasteiger partial charge in [0.25, 0.3) is 0 Å². The molecule has 0 aromatic carbocycles. The van der Waals surface area contributed by atoms with E-state index >= 15 is 0 Å². The molecule has 1 amide bonds. The molecule has 1 aliphatic heterocycles. The Balaban J connectivity index is 1.95. The molecule has 0 spiro atoms. The zero-order chi connectivity index (χ0) is 20.8. The maximum atomic E-state index is 12.5. The van der Waals surface area contributed by atoms with Crippen molar-refractivity contribution in [1.82, 2.24) is 15.0 Å². The predicted octanol–water partition coefficient (Wildman–Crippen LogP) is 2.54. The molecule has 0 radical (unpaired) electrons. The Bertz CT molecular complexity index is 1220. The van der Waals surface area contributed by atoms with Crippen molar-refractivity contribution < 1.29 is 22.7 Å². The lowest BCUT2D eigenvalue weighted by molar-refractivity contribution is -0.114. The van der Waals surface area contributed by atoms with Crippen LogP contribution >= 0.6 is 0 Å². The van der Waals surface area contributed by atoms with Crippen LogP contribution in [-0.4, -0.2) is 47.7 Å². The lowest BCUT2D eigenvalue weighted by Crippen LogP contribution is -2.26. The summed E-state index contributed by atoms with van der Waals surface area (Å²) >= 11 is 0. The SMILES string of the molecule is CCS(=O)(=O)c1cc2c(c(-c3c[nH]c4cnc(NC(C)=O)cc34)n1)OCC(C)O2. The van der Waals surface area contributed by atoms with Gasteiger partial charge < -0.3 is 19.8 Å². The van der Waals surface area contributed by atoms with Gasteiger partial charge in [0.15, 0.2) is 26.4 Å². The number of carbonyl (C=O) groups excluding carboxylic acids is 1. The van der Waals surface area contributed by atoms with Crippen molar-refractivity contribution >= 4 is 32.5 Å². The van der Waals surface area contributed by atoms with E-state index < -0.39 is 9.84 Å². The smallest absolute Gasteiger partial charge is 0.222 e. The second-order valence-corrected chi connectivity index (χ2v) is 9.00. The molecule has 2 N–H and O–H groups in total. The standard InChI is InChI=1S/C19H20N4O5S/c1-4-29(25,26)17-6-15-19(27-9-10(2)28-15)18(23-17)13-7-20-14-8-21-16(5-12(13)14)22-11(3)24/h5-8,10,20H,4,9H2,1-3H3,(H,21,22,24). The third kappa shape index (κ3) is 3.51. The van der Waals surface area contributed by atoms with E-state index in [1.807, 2.05) is 6.92 Å². The summed E-state index contributed by atoms with van der Waals surface area (Å²) in [5.74, 6) is 0.774. The monoisotopic (exact) mass is 416 g/mol. The number of H-pyrrole nitrogens is 1. The first-order valence-electron chi connectivity index (χ1n) is 9.11. The summed E-state index contributed by atoms with van der Waals surface area (Å²) in [6.07, 6.45) is 3.08. The lowest BCUT2D eigenvalue weighted by atomic mass is 10.1. The highest BCUT2D eigenvalue weighted by Gasteiger charge is 2.28. The Morgan fingerprint density at radius 1 is 1.38 bits per heavy atom. The van der Waals surface area contributed by atoms with E-state index in [4.69, 9.17) is 9.47 Å². The second-order valence-electron chi connectivity index (χ2n) is 6.78. The van der Waals surface area contributed by atoms with Crippen LogP contribution < -0.4 is 14.8 Å². The first-order chi connectivity index (χ1) is 13.8. The van der Waals surface area contributed by atoms with Crippen molar-refractivity contribution in [3.8, 4) is 22.8 Å². The van der Waals surface area contributed by atoms with Crippen LogP contribution in [0, 0.1) is 0 Å². The zero-order valence-electron chi connectivity index (χ0n) is 16.1. The number of aromatic amines is 1. The van der Waals surface area contributed by atoms with Crippen molar-refractivity contribution in [3.63, 3.8) is 0 Å². The Labute approximate surface area is 167 Å². The molecule has 1 aliphatic rings. The molecule has 4 rings (SSSR count). The third-order valence-corrected chi connectivity index (χ3v) is 6.14. The van der Waals surface area contributed by atoms with Gasteiger partial charge in [-0.2, -0.15) is 0 Å². The quantitative estimate of drug-likeness (QED) is 0.670. The fraction of sp³-hybridized carbons (Fsp3) is 0.316. The topological polar surface area (TPSA) is 123 Å². The van der Waals surface area contributed by atoms with E-state index in [0.29, 0.717) is 46.1 Å². The number of hydrogen-bond acceptors (Lipinski definition) is 7. The van der Waals surface area contributed by atoms with Crippen molar-refractivity contribution in [2.24, 2.45) is 0 Å². The summed E-state index contributed by atoms with van der Waals surface area (Å²) < 4.78 is 36.7. The molecular formula is C19H20N4O5S.